The molecular weight excluding hydrogens is 374 g/mol. The molecule has 0 aliphatic carbocycles. The second kappa shape index (κ2) is 10.8. The number of para-hydroxylation sites is 1. The smallest absolute Gasteiger partial charge is 0.371 e. The van der Waals surface area contributed by atoms with Crippen LogP contribution in [0.25, 0.3) is 0 Å². The van der Waals surface area contributed by atoms with E-state index in [2.05, 4.69) is 45.1 Å². The van der Waals surface area contributed by atoms with Gasteiger partial charge in [0, 0.05) is 28.3 Å². The molecule has 2 N–H and O–H groups in total. The van der Waals surface area contributed by atoms with Crippen LogP contribution in [0.4, 0.5) is 5.69 Å². The molecule has 10 heteroatoms. The van der Waals surface area contributed by atoms with Crippen LogP contribution in [0.2, 0.25) is 0 Å². The molecule has 2 rings (SSSR count). The van der Waals surface area contributed by atoms with E-state index >= 15 is 0 Å². The highest BCUT2D eigenvalue weighted by Crippen LogP contribution is 2.28. The fraction of sp³-hybridized carbons (Fsp3) is 0.400. The fourth-order valence-electron chi connectivity index (χ4n) is 1.67. The average Bonchev–Trinajstić information content (AvgIpc) is 2.83. The molecule has 1 aliphatic heterocycles. The van der Waals surface area contributed by atoms with Gasteiger partial charge in [-0.25, -0.2) is 0 Å². The van der Waals surface area contributed by atoms with E-state index < -0.39 is 10.4 Å². The number of nitrogens with zero attached hydrogens (tertiary/aromatic N) is 3. The van der Waals surface area contributed by atoms with E-state index in [9.17, 15) is 0 Å². The van der Waals surface area contributed by atoms with Gasteiger partial charge < -0.3 is 4.90 Å². The zero-order valence-corrected chi connectivity index (χ0v) is 13.6. The molecule has 1 saturated heterocycles. The molecule has 0 atom stereocenters. The third-order valence-electron chi connectivity index (χ3n) is 2.30. The van der Waals surface area contributed by atoms with Crippen LogP contribution in [0.1, 0.15) is 12.8 Å². The Hall–Kier alpha value is -0.920. The molecule has 20 heavy (non-hydrogen) atoms. The second-order valence-corrected chi connectivity index (χ2v) is 5.34. The monoisotopic (exact) mass is 387 g/mol. The van der Waals surface area contributed by atoms with Crippen molar-refractivity contribution in [2.24, 2.45) is 0 Å². The van der Waals surface area contributed by atoms with Gasteiger partial charge in [-0.05, 0) is 40.9 Å². The minimum Gasteiger partial charge on any atom is -0.371 e. The Bertz CT molecular complexity index is 498. The summed E-state index contributed by atoms with van der Waals surface area (Å²) < 4.78 is 32.8. The summed E-state index contributed by atoms with van der Waals surface area (Å²) >= 11 is 3.56. The van der Waals surface area contributed by atoms with Gasteiger partial charge in [0.25, 0.3) is 0 Å². The van der Waals surface area contributed by atoms with Crippen molar-refractivity contribution in [3.63, 3.8) is 0 Å². The van der Waals surface area contributed by atoms with Crippen molar-refractivity contribution in [2.45, 2.75) is 12.8 Å². The quantitative estimate of drug-likeness (QED) is 0.559. The van der Waals surface area contributed by atoms with E-state index in [4.69, 9.17) is 28.3 Å². The molecule has 0 aromatic heterocycles. The Morgan fingerprint density at radius 2 is 1.50 bits per heavy atom. The van der Waals surface area contributed by atoms with Gasteiger partial charge in [0.05, 0.1) is 5.69 Å². The van der Waals surface area contributed by atoms with Crippen LogP contribution in [-0.4, -0.2) is 30.6 Å². The molecule has 0 saturated carbocycles. The minimum absolute atomic E-state index is 0. The second-order valence-electron chi connectivity index (χ2n) is 3.59. The van der Waals surface area contributed by atoms with Crippen LogP contribution in [0, 0.1) is 10.8 Å². The lowest BCUT2D eigenvalue weighted by Gasteiger charge is -2.18. The number of anilines is 1. The lowest BCUT2D eigenvalue weighted by molar-refractivity contribution is 0.381. The summed E-state index contributed by atoms with van der Waals surface area (Å²) in [6.45, 7) is 2.42. The van der Waals surface area contributed by atoms with Crippen LogP contribution >= 0.6 is 28.3 Å². The van der Waals surface area contributed by atoms with Crippen LogP contribution in [0.3, 0.4) is 0 Å². The summed E-state index contributed by atoms with van der Waals surface area (Å²) in [5, 5.41) is 12.0. The molecule has 0 spiro atoms. The minimum atomic E-state index is -4.67. The molecule has 1 fully saturated rings. The molecule has 1 heterocycles. The first-order valence-electron chi connectivity index (χ1n) is 5.27. The van der Waals surface area contributed by atoms with Crippen LogP contribution in [-0.2, 0) is 10.4 Å². The van der Waals surface area contributed by atoms with Gasteiger partial charge in [0.1, 0.15) is 0 Å². The Labute approximate surface area is 132 Å². The maximum absolute atomic E-state index is 8.74. The first-order valence-corrected chi connectivity index (χ1v) is 7.46. The Balaban J connectivity index is 0. The van der Waals surface area contributed by atoms with Crippen molar-refractivity contribution in [3.05, 3.63) is 28.7 Å². The number of hydrogen-bond donors (Lipinski definition) is 2. The van der Waals surface area contributed by atoms with Gasteiger partial charge in [-0.2, -0.15) is 8.42 Å². The molecule has 0 radical (unpaired) electrons. The number of hydrogen-bond acceptors (Lipinski definition) is 5. The van der Waals surface area contributed by atoms with Gasteiger partial charge in [-0.3, -0.25) is 9.11 Å². The molecule has 114 valence electrons. The summed E-state index contributed by atoms with van der Waals surface area (Å²) in [4.78, 5) is 2.43. The number of benzene rings is 1. The Morgan fingerprint density at radius 1 is 1.10 bits per heavy atom. The lowest BCUT2D eigenvalue weighted by Crippen LogP contribution is -2.17. The first kappa shape index (κ1) is 21.4. The predicted octanol–water partition coefficient (Wildman–Crippen LogP) is 2.85. The van der Waals surface area contributed by atoms with E-state index in [1.165, 1.54) is 36.1 Å². The maximum atomic E-state index is 8.74. The SMILES string of the molecule is Brc1ccccc1N1CCCC1.Cl.N#N.O=S(=O)(O)O. The van der Waals surface area contributed by atoms with E-state index in [1.807, 2.05) is 0 Å². The summed E-state index contributed by atoms with van der Waals surface area (Å²) in [7, 11) is -4.67. The highest BCUT2D eigenvalue weighted by molar-refractivity contribution is 9.10. The van der Waals surface area contributed by atoms with Crippen molar-refractivity contribution in [3.8, 4) is 0 Å². The van der Waals surface area contributed by atoms with Crippen LogP contribution in [0.5, 0.6) is 0 Å². The number of halogens is 2. The van der Waals surface area contributed by atoms with Crippen molar-refractivity contribution in [2.75, 3.05) is 18.0 Å². The Morgan fingerprint density at radius 3 is 1.90 bits per heavy atom. The molecule has 1 aromatic carbocycles. The standard InChI is InChI=1S/C10H12BrN.ClH.N2.H2O4S/c11-9-5-1-2-6-10(9)12-7-3-4-8-12;;1-2;1-5(2,3)4/h1-2,5-6H,3-4,7-8H2;1H;;(H2,1,2,3,4). The molecule has 0 unspecified atom stereocenters. The summed E-state index contributed by atoms with van der Waals surface area (Å²) in [6.07, 6.45) is 2.67. The topological polar surface area (TPSA) is 125 Å². The van der Waals surface area contributed by atoms with Gasteiger partial charge >= 0.3 is 10.4 Å². The van der Waals surface area contributed by atoms with Gasteiger partial charge in [0.15, 0.2) is 0 Å². The highest BCUT2D eigenvalue weighted by atomic mass is 79.9. The van der Waals surface area contributed by atoms with Crippen molar-refractivity contribution in [1.29, 1.82) is 10.8 Å². The molecular formula is C10H15BrClN3O4S. The summed E-state index contributed by atoms with van der Waals surface area (Å²) in [5.74, 6) is 0. The largest absolute Gasteiger partial charge is 0.394 e. The average molecular weight is 389 g/mol. The fourth-order valence-corrected chi connectivity index (χ4v) is 2.20. The van der Waals surface area contributed by atoms with Gasteiger partial charge in [-0.1, -0.05) is 12.1 Å². The zero-order valence-electron chi connectivity index (χ0n) is 10.4. The number of rotatable bonds is 1. The molecule has 7 nitrogen and oxygen atoms in total. The van der Waals surface area contributed by atoms with Crippen LogP contribution in [0.15, 0.2) is 28.7 Å². The van der Waals surface area contributed by atoms with E-state index in [0.717, 1.165) is 0 Å². The molecule has 0 bridgehead atoms. The normalized spacial score (nSPS) is 13.2. The predicted molar refractivity (Wildman–Crippen MR) is 80.5 cm³/mol. The van der Waals surface area contributed by atoms with Gasteiger partial charge in [0.2, 0.25) is 0 Å². The molecule has 0 amide bonds. The molecule has 1 aromatic rings. The zero-order chi connectivity index (χ0) is 14.9. The first-order chi connectivity index (χ1) is 8.88. The van der Waals surface area contributed by atoms with Crippen molar-refractivity contribution in [1.82, 2.24) is 0 Å². The summed E-state index contributed by atoms with van der Waals surface area (Å²) in [5.41, 5.74) is 1.34. The van der Waals surface area contributed by atoms with Crippen molar-refractivity contribution < 1.29 is 17.5 Å². The van der Waals surface area contributed by atoms with E-state index in [-0.39, 0.29) is 12.4 Å². The Kier molecular flexibility index (Phi) is 11.6. The van der Waals surface area contributed by atoms with Gasteiger partial charge in [-0.15, -0.1) is 12.4 Å². The van der Waals surface area contributed by atoms with E-state index in [1.54, 1.807) is 0 Å². The third kappa shape index (κ3) is 9.94. The lowest BCUT2D eigenvalue weighted by atomic mass is 10.3. The summed E-state index contributed by atoms with van der Waals surface area (Å²) in [6, 6.07) is 8.44. The molecule has 1 aliphatic rings. The maximum Gasteiger partial charge on any atom is 0.394 e. The highest BCUT2D eigenvalue weighted by Gasteiger charge is 2.13. The van der Waals surface area contributed by atoms with E-state index in [0.29, 0.717) is 0 Å². The van der Waals surface area contributed by atoms with Crippen molar-refractivity contribution >= 4 is 44.4 Å². The van der Waals surface area contributed by atoms with Crippen LogP contribution < -0.4 is 4.90 Å². The third-order valence-corrected chi connectivity index (χ3v) is 2.97.